The molecule has 0 heterocycles. The molecule has 1 N–H and O–H groups in total. The van der Waals surface area contributed by atoms with Crippen LogP contribution < -0.4 is 10.2 Å². The average Bonchev–Trinajstić information content (AvgIpc) is 3.33. The molecule has 414 valence electrons. The van der Waals surface area contributed by atoms with Crippen LogP contribution in [-0.4, -0.2) is 69.4 Å². The molecule has 0 aliphatic carbocycles. The van der Waals surface area contributed by atoms with Gasteiger partial charge < -0.3 is 28.5 Å². The van der Waals surface area contributed by atoms with Crippen LogP contribution in [0.4, 0.5) is 0 Å². The first-order valence-corrected chi connectivity index (χ1v) is 31.1. The Kier molecular flexibility index (Phi) is 49.6. The van der Waals surface area contributed by atoms with Gasteiger partial charge in [0.1, 0.15) is 19.3 Å². The van der Waals surface area contributed by atoms with Gasteiger partial charge >= 0.3 is 5.97 Å². The first kappa shape index (κ1) is 68.7. The molecule has 3 unspecified atom stereocenters. The molecule has 0 aromatic heterocycles. The summed E-state index contributed by atoms with van der Waals surface area (Å²) in [6.45, 7) is 6.71. The second-order valence-electron chi connectivity index (χ2n) is 21.1. The molecule has 0 aromatic carbocycles. The predicted octanol–water partition coefficient (Wildman–Crippen LogP) is 17.3. The molecule has 0 aliphatic heterocycles. The Morgan fingerprint density at radius 3 is 1.37 bits per heavy atom. The average molecular weight is 1020 g/mol. The van der Waals surface area contributed by atoms with Gasteiger partial charge in [0.2, 0.25) is 5.91 Å². The third-order valence-electron chi connectivity index (χ3n) is 12.9. The number of likely N-dealkylation sites (N-methyl/N-ethyl adjacent to an activating group) is 1. The van der Waals surface area contributed by atoms with Crippen molar-refractivity contribution in [2.75, 3.05) is 40.9 Å². The standard InChI is InChI=1S/C61H113N2O7P/c1-7-10-13-16-19-22-25-28-30-31-32-33-34-35-38-41-44-47-50-53-60(64)62-58(57-69-71(66,67)68-56-55-63(4,5)6)59(52-49-46-43-40-37-27-24-21-18-15-12-9-3)70-61(65)54-51-48-45-42-39-36-29-26-23-20-17-14-11-8-2/h11,14,19-20,22-23,28,30,49,52,58-59H,7-10,12-13,15-18,21,24-27,29,31-48,50-51,53-57H2,1-6H3,(H-,62,64,66,67)/b14-11+,22-19-,23-20+,30-28-,52-49-. The van der Waals surface area contributed by atoms with Gasteiger partial charge in [-0.15, -0.1) is 0 Å². The maximum Gasteiger partial charge on any atom is 0.306 e. The number of carbonyl (C=O) groups is 2. The zero-order valence-electron chi connectivity index (χ0n) is 47.2. The van der Waals surface area contributed by atoms with E-state index < -0.39 is 26.6 Å². The van der Waals surface area contributed by atoms with Crippen LogP contribution in [0, 0.1) is 0 Å². The van der Waals surface area contributed by atoms with Crippen LogP contribution in [0.25, 0.3) is 0 Å². The number of carbonyl (C=O) groups excluding carboxylic acids is 2. The smallest absolute Gasteiger partial charge is 0.306 e. The van der Waals surface area contributed by atoms with E-state index >= 15 is 0 Å². The Bertz CT molecular complexity index is 1400. The third kappa shape index (κ3) is 52.4. The van der Waals surface area contributed by atoms with E-state index in [-0.39, 0.29) is 24.9 Å². The largest absolute Gasteiger partial charge is 0.756 e. The van der Waals surface area contributed by atoms with E-state index in [0.29, 0.717) is 17.4 Å². The van der Waals surface area contributed by atoms with Crippen LogP contribution in [0.1, 0.15) is 265 Å². The molecule has 71 heavy (non-hydrogen) atoms. The summed E-state index contributed by atoms with van der Waals surface area (Å²) in [6.07, 6.45) is 63.2. The van der Waals surface area contributed by atoms with E-state index in [1.165, 1.54) is 128 Å². The molecule has 10 heteroatoms. The van der Waals surface area contributed by atoms with Crippen molar-refractivity contribution in [2.45, 2.75) is 277 Å². The van der Waals surface area contributed by atoms with Crippen molar-refractivity contribution in [3.05, 3.63) is 60.8 Å². The van der Waals surface area contributed by atoms with E-state index in [9.17, 15) is 19.0 Å². The Balaban J connectivity index is 5.29. The highest BCUT2D eigenvalue weighted by molar-refractivity contribution is 7.45. The number of hydrogen-bond donors (Lipinski definition) is 1. The fourth-order valence-electron chi connectivity index (χ4n) is 8.35. The van der Waals surface area contributed by atoms with Crippen molar-refractivity contribution < 1.29 is 37.3 Å². The van der Waals surface area contributed by atoms with E-state index in [4.69, 9.17) is 13.8 Å². The number of nitrogens with zero attached hydrogens (tertiary/aromatic N) is 1. The number of esters is 1. The van der Waals surface area contributed by atoms with Crippen LogP contribution >= 0.6 is 7.82 Å². The topological polar surface area (TPSA) is 114 Å². The number of ether oxygens (including phenoxy) is 1. The minimum atomic E-state index is -4.70. The minimum Gasteiger partial charge on any atom is -0.756 e. The minimum absolute atomic E-state index is 0.0256. The fourth-order valence-corrected chi connectivity index (χ4v) is 9.08. The molecule has 0 aliphatic rings. The van der Waals surface area contributed by atoms with Crippen LogP contribution in [0.15, 0.2) is 60.8 Å². The summed E-state index contributed by atoms with van der Waals surface area (Å²) in [6, 6.07) is -0.894. The maximum atomic E-state index is 13.5. The summed E-state index contributed by atoms with van der Waals surface area (Å²) in [7, 11) is 1.18. The molecule has 1 amide bonds. The molecule has 3 atom stereocenters. The highest BCUT2D eigenvalue weighted by Gasteiger charge is 2.27. The number of phosphoric ester groups is 1. The van der Waals surface area contributed by atoms with Gasteiger partial charge in [-0.1, -0.05) is 223 Å². The number of unbranched alkanes of at least 4 members (excludes halogenated alkanes) is 29. The molecular weight excluding hydrogens is 904 g/mol. The van der Waals surface area contributed by atoms with E-state index in [0.717, 1.165) is 103 Å². The summed E-state index contributed by atoms with van der Waals surface area (Å²) < 4.78 is 30.2. The SMILES string of the molecule is CC/C=C/C/C=C/CCCCCCCCCC(=O)OC(/C=C\CCCCCCCCCCCC)C(COP(=O)([O-])OCC[N+](C)(C)C)NC(=O)CCCCCCCCCCC/C=C\C/C=C\CCCCC. The van der Waals surface area contributed by atoms with Gasteiger partial charge in [0.25, 0.3) is 7.82 Å². The lowest BCUT2D eigenvalue weighted by Gasteiger charge is -2.30. The van der Waals surface area contributed by atoms with Crippen molar-refractivity contribution in [3.8, 4) is 0 Å². The second kappa shape index (κ2) is 51.2. The Labute approximate surface area is 439 Å². The summed E-state index contributed by atoms with van der Waals surface area (Å²) in [5, 5.41) is 3.02. The Morgan fingerprint density at radius 1 is 0.507 bits per heavy atom. The van der Waals surface area contributed by atoms with Crippen molar-refractivity contribution in [3.63, 3.8) is 0 Å². The number of rotatable bonds is 53. The highest BCUT2D eigenvalue weighted by atomic mass is 31.2. The van der Waals surface area contributed by atoms with E-state index in [2.05, 4.69) is 74.7 Å². The van der Waals surface area contributed by atoms with Gasteiger partial charge in [0.05, 0.1) is 33.8 Å². The van der Waals surface area contributed by atoms with Gasteiger partial charge in [-0.3, -0.25) is 14.2 Å². The molecule has 0 spiro atoms. The van der Waals surface area contributed by atoms with Gasteiger partial charge in [0.15, 0.2) is 0 Å². The zero-order valence-corrected chi connectivity index (χ0v) is 48.1. The number of phosphoric acid groups is 1. The van der Waals surface area contributed by atoms with Gasteiger partial charge in [-0.05, 0) is 89.5 Å². The first-order chi connectivity index (χ1) is 34.4. The summed E-state index contributed by atoms with van der Waals surface area (Å²) in [5.74, 6) is -0.553. The highest BCUT2D eigenvalue weighted by Crippen LogP contribution is 2.38. The lowest BCUT2D eigenvalue weighted by Crippen LogP contribution is -2.47. The van der Waals surface area contributed by atoms with Crippen LogP contribution in [0.5, 0.6) is 0 Å². The van der Waals surface area contributed by atoms with E-state index in [1.54, 1.807) is 0 Å². The van der Waals surface area contributed by atoms with Crippen LogP contribution in [0.3, 0.4) is 0 Å². The van der Waals surface area contributed by atoms with Crippen LogP contribution in [-0.2, 0) is 27.9 Å². The summed E-state index contributed by atoms with van der Waals surface area (Å²) in [5.41, 5.74) is 0. The lowest BCUT2D eigenvalue weighted by atomic mass is 10.0. The molecule has 0 saturated heterocycles. The zero-order chi connectivity index (χ0) is 52.2. The van der Waals surface area contributed by atoms with Crippen LogP contribution in [0.2, 0.25) is 0 Å². The molecule has 0 aromatic rings. The number of hydrogen-bond acceptors (Lipinski definition) is 7. The number of quaternary nitrogens is 1. The lowest BCUT2D eigenvalue weighted by molar-refractivity contribution is -0.870. The number of allylic oxidation sites excluding steroid dienone is 9. The van der Waals surface area contributed by atoms with Crippen molar-refractivity contribution in [1.29, 1.82) is 0 Å². The normalized spacial score (nSPS) is 14.2. The molecule has 0 radical (unpaired) electrons. The fraction of sp³-hybridized carbons (Fsp3) is 0.803. The van der Waals surface area contributed by atoms with Crippen molar-refractivity contribution in [2.24, 2.45) is 0 Å². The first-order valence-electron chi connectivity index (χ1n) is 29.6. The quantitative estimate of drug-likeness (QED) is 0.0212. The summed E-state index contributed by atoms with van der Waals surface area (Å²) >= 11 is 0. The maximum absolute atomic E-state index is 13.5. The van der Waals surface area contributed by atoms with Gasteiger partial charge in [-0.25, -0.2) is 0 Å². The second-order valence-corrected chi connectivity index (χ2v) is 22.5. The summed E-state index contributed by atoms with van der Waals surface area (Å²) in [4.78, 5) is 39.9. The molecule has 0 saturated carbocycles. The molecule has 0 fully saturated rings. The Hall–Kier alpha value is -2.29. The number of amides is 1. The monoisotopic (exact) mass is 1020 g/mol. The van der Waals surface area contributed by atoms with Gasteiger partial charge in [0, 0.05) is 12.8 Å². The van der Waals surface area contributed by atoms with Crippen molar-refractivity contribution >= 4 is 19.7 Å². The predicted molar refractivity (Wildman–Crippen MR) is 302 cm³/mol. The third-order valence-corrected chi connectivity index (χ3v) is 13.9. The molecule has 9 nitrogen and oxygen atoms in total. The molecule has 0 bridgehead atoms. The van der Waals surface area contributed by atoms with E-state index in [1.807, 2.05) is 33.3 Å². The Morgan fingerprint density at radius 2 is 0.901 bits per heavy atom. The molecule has 0 rings (SSSR count). The van der Waals surface area contributed by atoms with Gasteiger partial charge in [-0.2, -0.15) is 0 Å². The molecular formula is C61H113N2O7P. The number of nitrogens with one attached hydrogen (secondary N) is 1. The van der Waals surface area contributed by atoms with Crippen molar-refractivity contribution in [1.82, 2.24) is 5.32 Å².